The van der Waals surface area contributed by atoms with Crippen molar-refractivity contribution >= 4 is 21.9 Å². The molecule has 31 heavy (non-hydrogen) atoms. The third-order valence-electron chi connectivity index (χ3n) is 4.75. The molecule has 1 aliphatic carbocycles. The van der Waals surface area contributed by atoms with Gasteiger partial charge in [0.25, 0.3) is 10.0 Å². The number of carbonyl (C=O) groups is 2. The molecule has 13 heteroatoms. The minimum Gasteiger partial charge on any atom is -0.550 e. The molecule has 3 rings (SSSR count). The van der Waals surface area contributed by atoms with E-state index in [4.69, 9.17) is 0 Å². The maximum Gasteiger partial charge on any atom is 1.00 e. The smallest absolute Gasteiger partial charge is 0.550 e. The van der Waals surface area contributed by atoms with Crippen LogP contribution in [-0.2, 0) is 25.8 Å². The summed E-state index contributed by atoms with van der Waals surface area (Å²) in [6.45, 7) is 0. The quantitative estimate of drug-likeness (QED) is 0.495. The van der Waals surface area contributed by atoms with E-state index in [1.54, 1.807) is 4.72 Å². The number of carboxylic acids is 1. The zero-order chi connectivity index (χ0) is 22.1. The molecular formula is C18H17F3N3NaO5S. The van der Waals surface area contributed by atoms with Crippen molar-refractivity contribution in [3.8, 4) is 5.69 Å². The molecule has 1 fully saturated rings. The Labute approximate surface area is 198 Å². The molecule has 0 aliphatic heterocycles. The molecule has 1 aliphatic rings. The molecule has 0 bridgehead atoms. The summed E-state index contributed by atoms with van der Waals surface area (Å²) in [4.78, 5) is 21.6. The number of sulfonamides is 1. The van der Waals surface area contributed by atoms with Gasteiger partial charge >= 0.3 is 35.7 Å². The first-order valence-electron chi connectivity index (χ1n) is 9.00. The van der Waals surface area contributed by atoms with Crippen LogP contribution in [0.4, 0.5) is 13.2 Å². The number of alkyl halides is 3. The molecular weight excluding hydrogens is 450 g/mol. The Balaban J connectivity index is 0.00000341. The van der Waals surface area contributed by atoms with Gasteiger partial charge in [0.15, 0.2) is 5.69 Å². The van der Waals surface area contributed by atoms with E-state index in [9.17, 15) is 36.3 Å². The zero-order valence-electron chi connectivity index (χ0n) is 16.5. The first-order chi connectivity index (χ1) is 14.0. The van der Waals surface area contributed by atoms with Gasteiger partial charge in [-0.3, -0.25) is 4.79 Å². The minimum atomic E-state index is -4.61. The summed E-state index contributed by atoms with van der Waals surface area (Å²) < 4.78 is 66.7. The number of carboxylic acid groups (broad SMARTS) is 1. The van der Waals surface area contributed by atoms with Crippen LogP contribution in [0.1, 0.15) is 49.4 Å². The summed E-state index contributed by atoms with van der Waals surface area (Å²) in [7, 11) is -4.27. The van der Waals surface area contributed by atoms with Crippen molar-refractivity contribution in [1.82, 2.24) is 14.5 Å². The number of benzene rings is 1. The molecule has 0 saturated heterocycles. The van der Waals surface area contributed by atoms with Crippen molar-refractivity contribution in [2.24, 2.45) is 0 Å². The number of aromatic nitrogens is 2. The van der Waals surface area contributed by atoms with E-state index in [2.05, 4.69) is 5.10 Å². The second kappa shape index (κ2) is 9.72. The molecule has 1 N–H and O–H groups in total. The average molecular weight is 467 g/mol. The molecule has 1 saturated carbocycles. The summed E-state index contributed by atoms with van der Waals surface area (Å²) in [6, 6.07) is 5.84. The van der Waals surface area contributed by atoms with Crippen molar-refractivity contribution in [1.29, 1.82) is 0 Å². The van der Waals surface area contributed by atoms with Crippen LogP contribution in [0.15, 0.2) is 35.2 Å². The molecule has 0 spiro atoms. The number of aliphatic carboxylic acids is 1. The van der Waals surface area contributed by atoms with Crippen molar-refractivity contribution in [2.45, 2.75) is 49.1 Å². The van der Waals surface area contributed by atoms with Crippen molar-refractivity contribution in [3.05, 3.63) is 41.7 Å². The van der Waals surface area contributed by atoms with Gasteiger partial charge in [-0.25, -0.2) is 17.8 Å². The Morgan fingerprint density at radius 1 is 1.16 bits per heavy atom. The second-order valence-electron chi connectivity index (χ2n) is 6.89. The number of carbonyl (C=O) groups excluding carboxylic acids is 2. The van der Waals surface area contributed by atoms with E-state index in [1.165, 1.54) is 12.1 Å². The fraction of sp³-hybridized carbons (Fsp3) is 0.389. The SMILES string of the molecule is O=C([O-])CCC(=O)NS(=O)(=O)c1ccc(-n2nc(C(F)(F)F)cc2C2CCC2)cc1.[Na+]. The molecule has 1 amide bonds. The molecule has 1 aromatic heterocycles. The third-order valence-corrected chi connectivity index (χ3v) is 6.14. The van der Waals surface area contributed by atoms with Crippen LogP contribution >= 0.6 is 0 Å². The Morgan fingerprint density at radius 2 is 1.77 bits per heavy atom. The largest absolute Gasteiger partial charge is 1.00 e. The molecule has 162 valence electrons. The topological polar surface area (TPSA) is 121 Å². The number of amides is 1. The predicted octanol–water partition coefficient (Wildman–Crippen LogP) is -1.50. The van der Waals surface area contributed by atoms with Crippen LogP contribution < -0.4 is 39.4 Å². The van der Waals surface area contributed by atoms with Crippen LogP contribution in [0, 0.1) is 0 Å². The fourth-order valence-electron chi connectivity index (χ4n) is 2.98. The number of hydrogen-bond acceptors (Lipinski definition) is 6. The molecule has 0 unspecified atom stereocenters. The first-order valence-corrected chi connectivity index (χ1v) is 10.5. The minimum absolute atomic E-state index is 0. The number of rotatable bonds is 7. The van der Waals surface area contributed by atoms with Crippen LogP contribution in [0.3, 0.4) is 0 Å². The van der Waals surface area contributed by atoms with Gasteiger partial charge in [0, 0.05) is 24.0 Å². The van der Waals surface area contributed by atoms with Gasteiger partial charge in [-0.1, -0.05) is 6.42 Å². The van der Waals surface area contributed by atoms with Crippen molar-refractivity contribution < 1.29 is 65.8 Å². The van der Waals surface area contributed by atoms with E-state index < -0.39 is 46.6 Å². The van der Waals surface area contributed by atoms with Gasteiger partial charge in [-0.15, -0.1) is 0 Å². The van der Waals surface area contributed by atoms with Crippen LogP contribution in [0.25, 0.3) is 5.69 Å². The van der Waals surface area contributed by atoms with Crippen molar-refractivity contribution in [2.75, 3.05) is 0 Å². The Morgan fingerprint density at radius 3 is 2.26 bits per heavy atom. The summed E-state index contributed by atoms with van der Waals surface area (Å²) in [5.41, 5.74) is -0.379. The van der Waals surface area contributed by atoms with Crippen LogP contribution in [0.5, 0.6) is 0 Å². The summed E-state index contributed by atoms with van der Waals surface area (Å²) in [5, 5.41) is 14.0. The summed E-state index contributed by atoms with van der Waals surface area (Å²) in [5.74, 6) is -2.57. The first kappa shape index (κ1) is 25.4. The molecule has 1 heterocycles. The maximum absolute atomic E-state index is 13.1. The third kappa shape index (κ3) is 6.09. The summed E-state index contributed by atoms with van der Waals surface area (Å²) >= 11 is 0. The molecule has 0 radical (unpaired) electrons. The van der Waals surface area contributed by atoms with Gasteiger partial charge in [0.1, 0.15) is 0 Å². The number of nitrogens with zero attached hydrogens (tertiary/aromatic N) is 2. The molecule has 2 aromatic rings. The normalized spacial score (nSPS) is 14.4. The average Bonchev–Trinajstić information content (AvgIpc) is 3.03. The van der Waals surface area contributed by atoms with Crippen LogP contribution in [0.2, 0.25) is 0 Å². The molecule has 0 atom stereocenters. The Hall–Kier alpha value is -1.89. The Kier molecular flexibility index (Phi) is 7.95. The fourth-order valence-corrected chi connectivity index (χ4v) is 3.99. The predicted molar refractivity (Wildman–Crippen MR) is 94.7 cm³/mol. The Bertz CT molecular complexity index is 1060. The van der Waals surface area contributed by atoms with E-state index in [1.807, 2.05) is 0 Å². The number of hydrogen-bond donors (Lipinski definition) is 1. The van der Waals surface area contributed by atoms with E-state index in [0.29, 0.717) is 5.69 Å². The monoisotopic (exact) mass is 467 g/mol. The zero-order valence-corrected chi connectivity index (χ0v) is 19.3. The molecule has 8 nitrogen and oxygen atoms in total. The molecule has 1 aromatic carbocycles. The van der Waals surface area contributed by atoms with Gasteiger partial charge in [-0.05, 0) is 49.6 Å². The van der Waals surface area contributed by atoms with Gasteiger partial charge in [0.2, 0.25) is 5.91 Å². The van der Waals surface area contributed by atoms with E-state index in [0.717, 1.165) is 42.1 Å². The standard InChI is InChI=1S/C18H18F3N3O5S.Na/c19-18(20,21)15-10-14(11-2-1-3-11)24(22-15)12-4-6-13(7-5-12)30(28,29)23-16(25)8-9-17(26)27;/h4-7,10-11H,1-3,8-9H2,(H,23,25)(H,26,27);/q;+1/p-1. The second-order valence-corrected chi connectivity index (χ2v) is 8.57. The van der Waals surface area contributed by atoms with E-state index >= 15 is 0 Å². The number of nitrogens with one attached hydrogen (secondary N) is 1. The van der Waals surface area contributed by atoms with Crippen LogP contribution in [-0.4, -0.2) is 30.1 Å². The van der Waals surface area contributed by atoms with Crippen molar-refractivity contribution in [3.63, 3.8) is 0 Å². The number of halogens is 3. The van der Waals surface area contributed by atoms with E-state index in [-0.39, 0.29) is 46.1 Å². The van der Waals surface area contributed by atoms with Gasteiger partial charge in [-0.2, -0.15) is 18.3 Å². The maximum atomic E-state index is 13.1. The van der Waals surface area contributed by atoms with Gasteiger partial charge in [0.05, 0.1) is 10.6 Å². The summed E-state index contributed by atoms with van der Waals surface area (Å²) in [6.07, 6.45) is -3.42. The van der Waals surface area contributed by atoms with Gasteiger partial charge < -0.3 is 9.90 Å².